The molecule has 1 heterocycles. The fourth-order valence-electron chi connectivity index (χ4n) is 2.03. The first-order chi connectivity index (χ1) is 7.51. The first-order valence-corrected chi connectivity index (χ1v) is 5.54. The first kappa shape index (κ1) is 13.4. The molecule has 0 radical (unpaired) electrons. The molecule has 94 valence electrons. The number of rotatable bonds is 3. The van der Waals surface area contributed by atoms with Crippen molar-refractivity contribution in [1.82, 2.24) is 0 Å². The summed E-state index contributed by atoms with van der Waals surface area (Å²) in [5, 5.41) is 10.1. The highest BCUT2D eigenvalue weighted by Crippen LogP contribution is 2.29. The van der Waals surface area contributed by atoms with Crippen LogP contribution in [0.2, 0.25) is 0 Å². The molecule has 1 N–H and O–H groups in total. The van der Waals surface area contributed by atoms with Crippen LogP contribution in [-0.2, 0) is 19.0 Å². The Bertz CT molecular complexity index is 241. The van der Waals surface area contributed by atoms with Gasteiger partial charge in [0.25, 0.3) is 0 Å². The van der Waals surface area contributed by atoms with Gasteiger partial charge in [0.1, 0.15) is 6.10 Å². The average Bonchev–Trinajstić information content (AvgIpc) is 2.25. The highest BCUT2D eigenvalue weighted by Gasteiger charge is 2.44. The zero-order chi connectivity index (χ0) is 12.3. The fourth-order valence-corrected chi connectivity index (χ4v) is 2.03. The summed E-state index contributed by atoms with van der Waals surface area (Å²) in [4.78, 5) is 10.9. The fraction of sp³-hybridized carbons (Fsp3) is 0.909. The van der Waals surface area contributed by atoms with Crippen LogP contribution in [0.3, 0.4) is 0 Å². The molecule has 1 aliphatic heterocycles. The van der Waals surface area contributed by atoms with E-state index in [0.29, 0.717) is 0 Å². The lowest BCUT2D eigenvalue weighted by Crippen LogP contribution is -2.55. The number of aliphatic hydroxyl groups is 1. The highest BCUT2D eigenvalue weighted by atomic mass is 16.7. The molecule has 16 heavy (non-hydrogen) atoms. The zero-order valence-corrected chi connectivity index (χ0v) is 10.2. The van der Waals surface area contributed by atoms with E-state index in [1.807, 2.05) is 13.8 Å². The number of hydrogen-bond donors (Lipinski definition) is 1. The third kappa shape index (κ3) is 2.72. The van der Waals surface area contributed by atoms with E-state index in [4.69, 9.17) is 14.2 Å². The number of esters is 1. The van der Waals surface area contributed by atoms with Gasteiger partial charge in [-0.2, -0.15) is 0 Å². The highest BCUT2D eigenvalue weighted by molar-refractivity contribution is 5.66. The van der Waals surface area contributed by atoms with Crippen molar-refractivity contribution >= 4 is 5.97 Å². The van der Waals surface area contributed by atoms with E-state index in [0.717, 1.165) is 6.42 Å². The Morgan fingerprint density at radius 3 is 2.56 bits per heavy atom. The molecule has 1 aliphatic rings. The quantitative estimate of drug-likeness (QED) is 0.725. The van der Waals surface area contributed by atoms with E-state index in [9.17, 15) is 9.90 Å². The number of ether oxygens (including phenoxy) is 3. The molecule has 0 aromatic carbocycles. The van der Waals surface area contributed by atoms with E-state index in [1.165, 1.54) is 14.0 Å². The minimum absolute atomic E-state index is 0.0771. The van der Waals surface area contributed by atoms with E-state index >= 15 is 0 Å². The van der Waals surface area contributed by atoms with Crippen molar-refractivity contribution in [1.29, 1.82) is 0 Å². The molecule has 5 nitrogen and oxygen atoms in total. The standard InChI is InChI=1S/C11H20O5/c1-5-8-6(2)9(13)10(15-7(3)12)11(14-4)16-8/h6,8-11,13H,5H2,1-4H3. The van der Waals surface area contributed by atoms with Gasteiger partial charge >= 0.3 is 5.97 Å². The van der Waals surface area contributed by atoms with Crippen molar-refractivity contribution in [3.05, 3.63) is 0 Å². The molecule has 0 bridgehead atoms. The summed E-state index contributed by atoms with van der Waals surface area (Å²) in [6.07, 6.45) is -1.50. The minimum atomic E-state index is -0.757. The Labute approximate surface area is 95.7 Å². The third-order valence-corrected chi connectivity index (χ3v) is 2.98. The molecule has 0 aromatic heterocycles. The maximum Gasteiger partial charge on any atom is 0.303 e. The monoisotopic (exact) mass is 232 g/mol. The summed E-state index contributed by atoms with van der Waals surface area (Å²) in [5.41, 5.74) is 0. The molecule has 0 aliphatic carbocycles. The van der Waals surface area contributed by atoms with E-state index in [1.54, 1.807) is 0 Å². The summed E-state index contributed by atoms with van der Waals surface area (Å²) < 4.78 is 15.7. The summed E-state index contributed by atoms with van der Waals surface area (Å²) >= 11 is 0. The molecule has 0 aromatic rings. The molecular formula is C11H20O5. The normalized spacial score (nSPS) is 39.4. The Hall–Kier alpha value is -0.650. The zero-order valence-electron chi connectivity index (χ0n) is 10.2. The van der Waals surface area contributed by atoms with Gasteiger partial charge in [0, 0.05) is 20.0 Å². The van der Waals surface area contributed by atoms with Crippen LogP contribution < -0.4 is 0 Å². The van der Waals surface area contributed by atoms with Gasteiger partial charge in [0.2, 0.25) is 0 Å². The maximum atomic E-state index is 10.9. The average molecular weight is 232 g/mol. The van der Waals surface area contributed by atoms with Gasteiger partial charge < -0.3 is 19.3 Å². The van der Waals surface area contributed by atoms with E-state index in [2.05, 4.69) is 0 Å². The first-order valence-electron chi connectivity index (χ1n) is 5.54. The molecule has 1 saturated heterocycles. The van der Waals surface area contributed by atoms with Crippen LogP contribution in [0.15, 0.2) is 0 Å². The van der Waals surface area contributed by atoms with Crippen molar-refractivity contribution in [3.8, 4) is 0 Å². The Kier molecular flexibility index (Phi) is 4.70. The largest absolute Gasteiger partial charge is 0.454 e. The van der Waals surface area contributed by atoms with Crippen LogP contribution >= 0.6 is 0 Å². The topological polar surface area (TPSA) is 65.0 Å². The molecular weight excluding hydrogens is 212 g/mol. The number of hydrogen-bond acceptors (Lipinski definition) is 5. The molecule has 0 saturated carbocycles. The second-order valence-corrected chi connectivity index (χ2v) is 4.11. The SMILES string of the molecule is CCC1OC(OC)C(OC(C)=O)C(O)C1C. The van der Waals surface area contributed by atoms with Crippen LogP contribution in [-0.4, -0.2) is 42.8 Å². The van der Waals surface area contributed by atoms with Gasteiger partial charge in [-0.25, -0.2) is 0 Å². The molecule has 5 heteroatoms. The predicted molar refractivity (Wildman–Crippen MR) is 56.7 cm³/mol. The molecule has 0 amide bonds. The van der Waals surface area contributed by atoms with Gasteiger partial charge in [0.15, 0.2) is 12.4 Å². The van der Waals surface area contributed by atoms with E-state index < -0.39 is 24.5 Å². The number of carbonyl (C=O) groups excluding carboxylic acids is 1. The van der Waals surface area contributed by atoms with Crippen molar-refractivity contribution in [2.75, 3.05) is 7.11 Å². The van der Waals surface area contributed by atoms with Gasteiger partial charge in [-0.05, 0) is 6.42 Å². The summed E-state index contributed by atoms with van der Waals surface area (Å²) in [7, 11) is 1.47. The Morgan fingerprint density at radius 1 is 1.50 bits per heavy atom. The lowest BCUT2D eigenvalue weighted by molar-refractivity contribution is -0.280. The van der Waals surface area contributed by atoms with Crippen molar-refractivity contribution in [2.45, 2.75) is 51.8 Å². The smallest absolute Gasteiger partial charge is 0.303 e. The molecule has 0 spiro atoms. The lowest BCUT2D eigenvalue weighted by atomic mass is 9.89. The van der Waals surface area contributed by atoms with Crippen LogP contribution in [0.1, 0.15) is 27.2 Å². The lowest BCUT2D eigenvalue weighted by Gasteiger charge is -2.42. The second-order valence-electron chi connectivity index (χ2n) is 4.11. The van der Waals surface area contributed by atoms with Crippen LogP contribution in [0.4, 0.5) is 0 Å². The van der Waals surface area contributed by atoms with Gasteiger partial charge in [-0.15, -0.1) is 0 Å². The number of aliphatic hydroxyl groups excluding tert-OH is 1. The third-order valence-electron chi connectivity index (χ3n) is 2.98. The maximum absolute atomic E-state index is 10.9. The Morgan fingerprint density at radius 2 is 2.12 bits per heavy atom. The Balaban J connectivity index is 2.77. The summed E-state index contributed by atoms with van der Waals surface area (Å²) in [5.74, 6) is -0.530. The van der Waals surface area contributed by atoms with Crippen molar-refractivity contribution < 1.29 is 24.1 Å². The molecule has 1 fully saturated rings. The van der Waals surface area contributed by atoms with Gasteiger partial charge in [-0.3, -0.25) is 4.79 Å². The molecule has 1 rings (SSSR count). The second kappa shape index (κ2) is 5.61. The predicted octanol–water partition coefficient (Wildman–Crippen LogP) is 0.696. The number of carbonyl (C=O) groups is 1. The summed E-state index contributed by atoms with van der Waals surface area (Å²) in [6, 6.07) is 0. The summed E-state index contributed by atoms with van der Waals surface area (Å²) in [6.45, 7) is 5.16. The minimum Gasteiger partial charge on any atom is -0.454 e. The van der Waals surface area contributed by atoms with E-state index in [-0.39, 0.29) is 12.0 Å². The van der Waals surface area contributed by atoms with Crippen LogP contribution in [0.25, 0.3) is 0 Å². The van der Waals surface area contributed by atoms with Crippen molar-refractivity contribution in [2.24, 2.45) is 5.92 Å². The van der Waals surface area contributed by atoms with Crippen LogP contribution in [0, 0.1) is 5.92 Å². The molecule has 5 atom stereocenters. The number of methoxy groups -OCH3 is 1. The van der Waals surface area contributed by atoms with Crippen molar-refractivity contribution in [3.63, 3.8) is 0 Å². The molecule has 5 unspecified atom stereocenters. The van der Waals surface area contributed by atoms with Gasteiger partial charge in [0.05, 0.1) is 6.10 Å². The van der Waals surface area contributed by atoms with Gasteiger partial charge in [-0.1, -0.05) is 13.8 Å². The van der Waals surface area contributed by atoms with Crippen LogP contribution in [0.5, 0.6) is 0 Å².